The number of hydrogen-bond donors (Lipinski definition) is 1. The van der Waals surface area contributed by atoms with Crippen LogP contribution < -0.4 is 5.32 Å². The quantitative estimate of drug-likeness (QED) is 0.223. The first-order valence-electron chi connectivity index (χ1n) is 11.3. The molecular formula is C29H22N4O3. The molecule has 176 valence electrons. The predicted octanol–water partition coefficient (Wildman–Crippen LogP) is 5.28. The van der Waals surface area contributed by atoms with Gasteiger partial charge in [0.05, 0.1) is 23.8 Å². The zero-order valence-electron chi connectivity index (χ0n) is 19.6. The van der Waals surface area contributed by atoms with Gasteiger partial charge in [-0.2, -0.15) is 10.5 Å². The minimum absolute atomic E-state index is 0.0650. The number of carbonyl (C=O) groups excluding carboxylic acids is 2. The summed E-state index contributed by atoms with van der Waals surface area (Å²) in [6.45, 7) is 2.47. The molecule has 0 saturated heterocycles. The van der Waals surface area contributed by atoms with Crippen LogP contribution in [0.3, 0.4) is 0 Å². The normalized spacial score (nSPS) is 10.9. The standard InChI is InChI=1S/C29H22N4O3/c1-2-36-29(35)20-11-13-25(14-12-20)32-28(34)23(17-31)15-24-19-33(27-10-6-5-9-26(24)27)18-22-8-4-3-7-21(22)16-30/h3-15,19H,2,18H2,1H3,(H,32,34)/b23-15+. The summed E-state index contributed by atoms with van der Waals surface area (Å²) < 4.78 is 6.96. The van der Waals surface area contributed by atoms with Gasteiger partial charge in [-0.15, -0.1) is 0 Å². The van der Waals surface area contributed by atoms with Crippen LogP contribution in [0.1, 0.15) is 34.0 Å². The largest absolute Gasteiger partial charge is 0.462 e. The Hall–Kier alpha value is -5.14. The minimum atomic E-state index is -0.562. The molecule has 0 fully saturated rings. The fourth-order valence-electron chi connectivity index (χ4n) is 3.88. The molecule has 1 heterocycles. The van der Waals surface area contributed by atoms with Crippen molar-refractivity contribution in [1.82, 2.24) is 4.57 Å². The maximum atomic E-state index is 12.9. The van der Waals surface area contributed by atoms with Gasteiger partial charge in [0.1, 0.15) is 11.6 Å². The van der Waals surface area contributed by atoms with Crippen molar-refractivity contribution in [3.63, 3.8) is 0 Å². The number of para-hydroxylation sites is 1. The van der Waals surface area contributed by atoms with Crippen molar-refractivity contribution in [3.8, 4) is 12.1 Å². The molecule has 4 rings (SSSR count). The summed E-state index contributed by atoms with van der Waals surface area (Å²) in [7, 11) is 0. The van der Waals surface area contributed by atoms with Gasteiger partial charge in [-0.05, 0) is 55.0 Å². The van der Waals surface area contributed by atoms with E-state index in [9.17, 15) is 20.1 Å². The lowest BCUT2D eigenvalue weighted by molar-refractivity contribution is -0.112. The van der Waals surface area contributed by atoms with E-state index in [0.717, 1.165) is 16.5 Å². The number of nitrogens with zero attached hydrogens (tertiary/aromatic N) is 3. The molecule has 0 atom stereocenters. The van der Waals surface area contributed by atoms with Crippen LogP contribution in [0, 0.1) is 22.7 Å². The molecule has 0 spiro atoms. The second-order valence-corrected chi connectivity index (χ2v) is 7.92. The van der Waals surface area contributed by atoms with Gasteiger partial charge in [0.15, 0.2) is 0 Å². The van der Waals surface area contributed by atoms with Gasteiger partial charge in [0.25, 0.3) is 5.91 Å². The summed E-state index contributed by atoms with van der Waals surface area (Å²) in [6.07, 6.45) is 3.43. The number of rotatable bonds is 7. The van der Waals surface area contributed by atoms with E-state index in [2.05, 4.69) is 11.4 Å². The fourth-order valence-corrected chi connectivity index (χ4v) is 3.88. The third-order valence-corrected chi connectivity index (χ3v) is 5.62. The Morgan fingerprint density at radius 1 is 1.00 bits per heavy atom. The number of anilines is 1. The molecule has 0 aliphatic carbocycles. The fraction of sp³-hybridized carbons (Fsp3) is 0.103. The zero-order valence-corrected chi connectivity index (χ0v) is 19.6. The molecule has 1 N–H and O–H groups in total. The van der Waals surface area contributed by atoms with Crippen molar-refractivity contribution in [2.45, 2.75) is 13.5 Å². The van der Waals surface area contributed by atoms with E-state index in [1.165, 1.54) is 0 Å². The maximum Gasteiger partial charge on any atom is 0.338 e. The number of fused-ring (bicyclic) bond motifs is 1. The number of ether oxygens (including phenoxy) is 1. The molecular weight excluding hydrogens is 452 g/mol. The van der Waals surface area contributed by atoms with Gasteiger partial charge in [-0.1, -0.05) is 36.4 Å². The lowest BCUT2D eigenvalue weighted by Gasteiger charge is -2.07. The molecule has 3 aromatic carbocycles. The van der Waals surface area contributed by atoms with Crippen LogP contribution in [0.25, 0.3) is 17.0 Å². The van der Waals surface area contributed by atoms with Crippen molar-refractivity contribution in [2.24, 2.45) is 0 Å². The molecule has 0 bridgehead atoms. The van der Waals surface area contributed by atoms with E-state index in [-0.39, 0.29) is 12.2 Å². The van der Waals surface area contributed by atoms with Gasteiger partial charge in [-0.25, -0.2) is 4.79 Å². The van der Waals surface area contributed by atoms with Crippen molar-refractivity contribution >= 4 is 34.5 Å². The van der Waals surface area contributed by atoms with Crippen molar-refractivity contribution in [3.05, 3.63) is 107 Å². The van der Waals surface area contributed by atoms with E-state index < -0.39 is 11.9 Å². The third kappa shape index (κ3) is 5.16. The van der Waals surface area contributed by atoms with Crippen LogP contribution in [0.2, 0.25) is 0 Å². The SMILES string of the molecule is CCOC(=O)c1ccc(NC(=O)/C(C#N)=C/c2cn(Cc3ccccc3C#N)c3ccccc23)cc1. The zero-order chi connectivity index (χ0) is 25.5. The summed E-state index contributed by atoms with van der Waals surface area (Å²) in [4.78, 5) is 24.7. The van der Waals surface area contributed by atoms with Crippen LogP contribution in [0.4, 0.5) is 5.69 Å². The number of hydrogen-bond acceptors (Lipinski definition) is 5. The lowest BCUT2D eigenvalue weighted by atomic mass is 10.1. The van der Waals surface area contributed by atoms with Crippen LogP contribution in [0.5, 0.6) is 0 Å². The van der Waals surface area contributed by atoms with Gasteiger partial charge >= 0.3 is 5.97 Å². The second-order valence-electron chi connectivity index (χ2n) is 7.92. The number of carbonyl (C=O) groups is 2. The molecule has 0 saturated carbocycles. The van der Waals surface area contributed by atoms with Gasteiger partial charge in [0, 0.05) is 34.9 Å². The first-order chi connectivity index (χ1) is 17.5. The van der Waals surface area contributed by atoms with Crippen molar-refractivity contribution in [2.75, 3.05) is 11.9 Å². The Morgan fingerprint density at radius 3 is 2.44 bits per heavy atom. The number of esters is 1. The van der Waals surface area contributed by atoms with E-state index in [1.807, 2.05) is 59.3 Å². The highest BCUT2D eigenvalue weighted by Gasteiger charge is 2.14. The second kappa shape index (κ2) is 10.9. The van der Waals surface area contributed by atoms with E-state index in [4.69, 9.17) is 4.74 Å². The summed E-state index contributed by atoms with van der Waals surface area (Å²) in [5.41, 5.74) is 3.86. The van der Waals surface area contributed by atoms with E-state index in [1.54, 1.807) is 43.3 Å². The number of nitriles is 2. The molecule has 36 heavy (non-hydrogen) atoms. The number of amides is 1. The van der Waals surface area contributed by atoms with Gasteiger partial charge in [0.2, 0.25) is 0 Å². The first-order valence-corrected chi connectivity index (χ1v) is 11.3. The van der Waals surface area contributed by atoms with Crippen LogP contribution in [-0.4, -0.2) is 23.1 Å². The first kappa shape index (κ1) is 24.0. The van der Waals surface area contributed by atoms with Gasteiger partial charge in [-0.3, -0.25) is 4.79 Å². The van der Waals surface area contributed by atoms with E-state index >= 15 is 0 Å². The van der Waals surface area contributed by atoms with E-state index in [0.29, 0.717) is 28.9 Å². The Morgan fingerprint density at radius 2 is 1.72 bits per heavy atom. The maximum absolute atomic E-state index is 12.9. The average Bonchev–Trinajstić information content (AvgIpc) is 3.25. The molecule has 0 radical (unpaired) electrons. The Labute approximate surface area is 208 Å². The molecule has 1 amide bonds. The lowest BCUT2D eigenvalue weighted by Crippen LogP contribution is -2.13. The molecule has 7 nitrogen and oxygen atoms in total. The third-order valence-electron chi connectivity index (χ3n) is 5.62. The summed E-state index contributed by atoms with van der Waals surface area (Å²) >= 11 is 0. The number of nitrogens with one attached hydrogen (secondary N) is 1. The van der Waals surface area contributed by atoms with Crippen LogP contribution >= 0.6 is 0 Å². The highest BCUT2D eigenvalue weighted by Crippen LogP contribution is 2.25. The van der Waals surface area contributed by atoms with Crippen molar-refractivity contribution in [1.29, 1.82) is 10.5 Å². The number of aromatic nitrogens is 1. The Kier molecular flexibility index (Phi) is 7.24. The number of benzene rings is 3. The van der Waals surface area contributed by atoms with Crippen LogP contribution in [0.15, 0.2) is 84.6 Å². The molecule has 0 aliphatic rings. The van der Waals surface area contributed by atoms with Gasteiger partial charge < -0.3 is 14.6 Å². The smallest absolute Gasteiger partial charge is 0.338 e. The average molecular weight is 475 g/mol. The minimum Gasteiger partial charge on any atom is -0.462 e. The molecule has 7 heteroatoms. The molecule has 0 unspecified atom stereocenters. The topological polar surface area (TPSA) is 108 Å². The molecule has 1 aromatic heterocycles. The Bertz CT molecular complexity index is 1550. The van der Waals surface area contributed by atoms with Crippen LogP contribution in [-0.2, 0) is 16.1 Å². The Balaban J connectivity index is 1.61. The summed E-state index contributed by atoms with van der Waals surface area (Å²) in [5.74, 6) is -1.00. The molecule has 0 aliphatic heterocycles. The summed E-state index contributed by atoms with van der Waals surface area (Å²) in [5, 5.41) is 22.7. The highest BCUT2D eigenvalue weighted by molar-refractivity contribution is 6.11. The monoisotopic (exact) mass is 474 g/mol. The van der Waals surface area contributed by atoms with Crippen molar-refractivity contribution < 1.29 is 14.3 Å². The molecule has 4 aromatic rings. The predicted molar refractivity (Wildman–Crippen MR) is 137 cm³/mol. The summed E-state index contributed by atoms with van der Waals surface area (Å²) in [6, 6.07) is 25.6. The highest BCUT2D eigenvalue weighted by atomic mass is 16.5.